The number of carbonyl (C=O) groups excluding carboxylic acids is 1. The molecular formula is C15H25ClN4O. The van der Waals surface area contributed by atoms with Gasteiger partial charge in [-0.25, -0.2) is 0 Å². The molecule has 0 aromatic carbocycles. The Balaban J connectivity index is 0.00000161. The average molecular weight is 313 g/mol. The van der Waals surface area contributed by atoms with Crippen molar-refractivity contribution in [1.29, 1.82) is 0 Å². The van der Waals surface area contributed by atoms with Crippen molar-refractivity contribution >= 4 is 18.3 Å². The van der Waals surface area contributed by atoms with E-state index in [4.69, 9.17) is 0 Å². The fourth-order valence-electron chi connectivity index (χ4n) is 3.48. The van der Waals surface area contributed by atoms with Crippen molar-refractivity contribution < 1.29 is 4.79 Å². The number of carbonyl (C=O) groups is 1. The van der Waals surface area contributed by atoms with Crippen molar-refractivity contribution in [3.8, 4) is 0 Å². The molecule has 3 heterocycles. The molecule has 2 aliphatic heterocycles. The number of nitrogens with one attached hydrogen (secondary N) is 1. The van der Waals surface area contributed by atoms with E-state index in [-0.39, 0.29) is 18.3 Å². The van der Waals surface area contributed by atoms with Crippen LogP contribution in [-0.2, 0) is 13.5 Å². The van der Waals surface area contributed by atoms with Crippen LogP contribution in [0.5, 0.6) is 0 Å². The zero-order valence-corrected chi connectivity index (χ0v) is 13.7. The summed E-state index contributed by atoms with van der Waals surface area (Å²) in [5, 5.41) is 7.98. The molecule has 6 heteroatoms. The largest absolute Gasteiger partial charge is 0.335 e. The summed E-state index contributed by atoms with van der Waals surface area (Å²) in [6, 6.07) is 2.46. The number of piperidine rings is 1. The Morgan fingerprint density at radius 2 is 2.29 bits per heavy atom. The summed E-state index contributed by atoms with van der Waals surface area (Å²) in [4.78, 5) is 14.7. The zero-order chi connectivity index (χ0) is 14.1. The van der Waals surface area contributed by atoms with Gasteiger partial charge in [0, 0.05) is 26.2 Å². The summed E-state index contributed by atoms with van der Waals surface area (Å²) in [5.74, 6) is 0.773. The Kier molecular flexibility index (Phi) is 5.27. The lowest BCUT2D eigenvalue weighted by molar-refractivity contribution is 0.0774. The van der Waals surface area contributed by atoms with E-state index in [0.717, 1.165) is 43.9 Å². The van der Waals surface area contributed by atoms with Crippen LogP contribution in [0.3, 0.4) is 0 Å². The first-order valence-electron chi connectivity index (χ1n) is 7.74. The minimum absolute atomic E-state index is 0. The number of likely N-dealkylation sites (tertiary alicyclic amines) is 1. The minimum Gasteiger partial charge on any atom is -0.335 e. The molecule has 0 aliphatic carbocycles. The van der Waals surface area contributed by atoms with Crippen LogP contribution in [0.15, 0.2) is 6.07 Å². The second-order valence-electron chi connectivity index (χ2n) is 6.07. The summed E-state index contributed by atoms with van der Waals surface area (Å²) < 4.78 is 1.74. The van der Waals surface area contributed by atoms with Gasteiger partial charge in [0.15, 0.2) is 0 Å². The van der Waals surface area contributed by atoms with Crippen molar-refractivity contribution in [1.82, 2.24) is 20.0 Å². The quantitative estimate of drug-likeness (QED) is 0.922. The first kappa shape index (κ1) is 16.3. The summed E-state index contributed by atoms with van der Waals surface area (Å²) >= 11 is 0. The maximum Gasteiger partial charge on any atom is 0.272 e. The third-order valence-electron chi connectivity index (χ3n) is 4.54. The highest BCUT2D eigenvalue weighted by atomic mass is 35.5. The van der Waals surface area contributed by atoms with E-state index in [9.17, 15) is 4.79 Å². The van der Waals surface area contributed by atoms with Crippen molar-refractivity contribution in [3.05, 3.63) is 17.5 Å². The minimum atomic E-state index is 0. The maximum absolute atomic E-state index is 12.7. The Bertz CT molecular complexity index is 488. The molecule has 2 aliphatic rings. The number of aromatic nitrogens is 2. The van der Waals surface area contributed by atoms with Crippen LogP contribution in [0.2, 0.25) is 0 Å². The number of hydrogen-bond acceptors (Lipinski definition) is 3. The Labute approximate surface area is 132 Å². The summed E-state index contributed by atoms with van der Waals surface area (Å²) in [5.41, 5.74) is 1.75. The van der Waals surface area contributed by atoms with Gasteiger partial charge in [-0.1, -0.05) is 13.3 Å². The molecule has 2 atom stereocenters. The molecule has 2 fully saturated rings. The first-order chi connectivity index (χ1) is 9.69. The molecular weight excluding hydrogens is 288 g/mol. The van der Waals surface area contributed by atoms with Crippen LogP contribution >= 0.6 is 12.4 Å². The summed E-state index contributed by atoms with van der Waals surface area (Å²) in [7, 11) is 1.87. The molecule has 5 nitrogen and oxygen atoms in total. The van der Waals surface area contributed by atoms with Crippen molar-refractivity contribution in [3.63, 3.8) is 0 Å². The van der Waals surface area contributed by atoms with Gasteiger partial charge in [0.1, 0.15) is 5.69 Å². The summed E-state index contributed by atoms with van der Waals surface area (Å²) in [6.07, 6.45) is 4.47. The second-order valence-corrected chi connectivity index (χ2v) is 6.07. The number of amides is 1. The molecule has 2 saturated heterocycles. The van der Waals surface area contributed by atoms with Gasteiger partial charge in [-0.15, -0.1) is 12.4 Å². The van der Waals surface area contributed by atoms with Crippen molar-refractivity contribution in [2.45, 2.75) is 38.6 Å². The summed E-state index contributed by atoms with van der Waals surface area (Å²) in [6.45, 7) is 4.96. The molecule has 1 aromatic rings. The number of rotatable bonds is 3. The standard InChI is InChI=1S/C15H24N4O.ClH/c1-3-5-12-8-14(18(2)17-12)15(20)19-9-11-6-4-7-16-13(11)10-19;/h8,11,13,16H,3-7,9-10H2,1-2H3;1H/t11-,13+;/m0./s1. The molecule has 0 radical (unpaired) electrons. The Morgan fingerprint density at radius 1 is 1.48 bits per heavy atom. The number of halogens is 1. The molecule has 1 N–H and O–H groups in total. The molecule has 0 spiro atoms. The van der Waals surface area contributed by atoms with Crippen LogP contribution in [0.4, 0.5) is 0 Å². The average Bonchev–Trinajstić information content (AvgIpc) is 3.02. The van der Waals surface area contributed by atoms with Gasteiger partial charge in [-0.2, -0.15) is 5.10 Å². The van der Waals surface area contributed by atoms with E-state index in [1.807, 2.05) is 18.0 Å². The fraction of sp³-hybridized carbons (Fsp3) is 0.733. The maximum atomic E-state index is 12.7. The SMILES string of the molecule is CCCc1cc(C(=O)N2C[C@@H]3CCCN[C@@H]3C2)n(C)n1.Cl. The third kappa shape index (κ3) is 3.24. The highest BCUT2D eigenvalue weighted by Gasteiger charge is 2.37. The third-order valence-corrected chi connectivity index (χ3v) is 4.54. The van der Waals surface area contributed by atoms with Gasteiger partial charge in [-0.05, 0) is 37.8 Å². The normalized spacial score (nSPS) is 24.6. The Hall–Kier alpha value is -1.07. The van der Waals surface area contributed by atoms with Crippen molar-refractivity contribution in [2.75, 3.05) is 19.6 Å². The fourth-order valence-corrected chi connectivity index (χ4v) is 3.48. The lowest BCUT2D eigenvalue weighted by atomic mass is 9.94. The number of hydrogen-bond donors (Lipinski definition) is 1. The van der Waals surface area contributed by atoms with Crippen molar-refractivity contribution in [2.24, 2.45) is 13.0 Å². The van der Waals surface area contributed by atoms with Gasteiger partial charge in [0.25, 0.3) is 5.91 Å². The van der Waals surface area contributed by atoms with Gasteiger partial charge >= 0.3 is 0 Å². The van der Waals surface area contributed by atoms with Crippen LogP contribution in [0.1, 0.15) is 42.4 Å². The van der Waals surface area contributed by atoms with Gasteiger partial charge in [-0.3, -0.25) is 9.48 Å². The Morgan fingerprint density at radius 3 is 3.00 bits per heavy atom. The van der Waals surface area contributed by atoms with E-state index < -0.39 is 0 Å². The molecule has 1 amide bonds. The lowest BCUT2D eigenvalue weighted by Gasteiger charge is -2.24. The second kappa shape index (κ2) is 6.79. The highest BCUT2D eigenvalue weighted by molar-refractivity contribution is 5.93. The molecule has 0 bridgehead atoms. The molecule has 0 saturated carbocycles. The number of nitrogens with zero attached hydrogens (tertiary/aromatic N) is 3. The topological polar surface area (TPSA) is 50.2 Å². The van der Waals surface area contributed by atoms with E-state index in [0.29, 0.717) is 12.0 Å². The van der Waals surface area contributed by atoms with Gasteiger partial charge in [0.2, 0.25) is 0 Å². The molecule has 1 aromatic heterocycles. The molecule has 3 rings (SSSR count). The number of aryl methyl sites for hydroxylation is 2. The van der Waals surface area contributed by atoms with Crippen LogP contribution in [0, 0.1) is 5.92 Å². The molecule has 21 heavy (non-hydrogen) atoms. The first-order valence-corrected chi connectivity index (χ1v) is 7.74. The van der Waals surface area contributed by atoms with Gasteiger partial charge < -0.3 is 10.2 Å². The highest BCUT2D eigenvalue weighted by Crippen LogP contribution is 2.26. The predicted octanol–water partition coefficient (Wildman–Crippen LogP) is 1.62. The molecule has 118 valence electrons. The zero-order valence-electron chi connectivity index (χ0n) is 12.8. The van der Waals surface area contributed by atoms with E-state index in [2.05, 4.69) is 17.3 Å². The van der Waals surface area contributed by atoms with Crippen LogP contribution in [-0.4, -0.2) is 46.3 Å². The lowest BCUT2D eigenvalue weighted by Crippen LogP contribution is -2.41. The van der Waals surface area contributed by atoms with E-state index >= 15 is 0 Å². The van der Waals surface area contributed by atoms with Gasteiger partial charge in [0.05, 0.1) is 5.69 Å². The van der Waals surface area contributed by atoms with E-state index in [1.165, 1.54) is 12.8 Å². The molecule has 0 unspecified atom stereocenters. The van der Waals surface area contributed by atoms with E-state index in [1.54, 1.807) is 4.68 Å². The smallest absolute Gasteiger partial charge is 0.272 e. The van der Waals surface area contributed by atoms with Crippen LogP contribution in [0.25, 0.3) is 0 Å². The predicted molar refractivity (Wildman–Crippen MR) is 84.9 cm³/mol. The monoisotopic (exact) mass is 312 g/mol. The van der Waals surface area contributed by atoms with Crippen LogP contribution < -0.4 is 5.32 Å². The number of fused-ring (bicyclic) bond motifs is 1.